The highest BCUT2D eigenvalue weighted by Crippen LogP contribution is 2.30. The van der Waals surface area contributed by atoms with Crippen LogP contribution in [0.5, 0.6) is 0 Å². The van der Waals surface area contributed by atoms with Crippen molar-refractivity contribution in [2.24, 2.45) is 0 Å². The van der Waals surface area contributed by atoms with E-state index in [4.69, 9.17) is 10.7 Å². The molecule has 2 aromatic carbocycles. The SMILES string of the molecule is CCCc1cccc2nc3ccccc3c(N)c12. The van der Waals surface area contributed by atoms with Gasteiger partial charge in [0.2, 0.25) is 0 Å². The van der Waals surface area contributed by atoms with Gasteiger partial charge in [-0.25, -0.2) is 4.98 Å². The Bertz CT molecular complexity index is 717. The highest BCUT2D eigenvalue weighted by atomic mass is 14.7. The van der Waals surface area contributed by atoms with E-state index in [2.05, 4.69) is 19.1 Å². The molecule has 0 atom stereocenters. The Labute approximate surface area is 106 Å². The number of pyridine rings is 1. The molecule has 0 radical (unpaired) electrons. The van der Waals surface area contributed by atoms with E-state index in [1.807, 2.05) is 30.3 Å². The lowest BCUT2D eigenvalue weighted by atomic mass is 10.0. The summed E-state index contributed by atoms with van der Waals surface area (Å²) in [5.41, 5.74) is 10.5. The van der Waals surface area contributed by atoms with Gasteiger partial charge in [0.15, 0.2) is 0 Å². The fraction of sp³-hybridized carbons (Fsp3) is 0.188. The van der Waals surface area contributed by atoms with Gasteiger partial charge >= 0.3 is 0 Å². The molecule has 1 aromatic heterocycles. The Kier molecular flexibility index (Phi) is 2.63. The second-order valence-corrected chi connectivity index (χ2v) is 4.60. The number of rotatable bonds is 2. The number of nitrogen functional groups attached to an aromatic ring is 1. The lowest BCUT2D eigenvalue weighted by Gasteiger charge is -2.10. The van der Waals surface area contributed by atoms with Gasteiger partial charge < -0.3 is 5.73 Å². The number of para-hydroxylation sites is 1. The van der Waals surface area contributed by atoms with Crippen molar-refractivity contribution in [3.05, 3.63) is 48.0 Å². The normalized spacial score (nSPS) is 11.2. The highest BCUT2D eigenvalue weighted by Gasteiger charge is 2.09. The van der Waals surface area contributed by atoms with Crippen LogP contribution in [0.1, 0.15) is 18.9 Å². The third-order valence-electron chi connectivity index (χ3n) is 3.35. The molecule has 0 spiro atoms. The van der Waals surface area contributed by atoms with Gasteiger partial charge in [-0.05, 0) is 24.1 Å². The van der Waals surface area contributed by atoms with E-state index in [9.17, 15) is 0 Å². The number of benzene rings is 2. The maximum atomic E-state index is 6.35. The Morgan fingerprint density at radius 1 is 1.00 bits per heavy atom. The van der Waals surface area contributed by atoms with E-state index in [-0.39, 0.29) is 0 Å². The number of aryl methyl sites for hydroxylation is 1. The number of anilines is 1. The van der Waals surface area contributed by atoms with Crippen LogP contribution in [0, 0.1) is 0 Å². The smallest absolute Gasteiger partial charge is 0.0733 e. The minimum atomic E-state index is 0.861. The Morgan fingerprint density at radius 2 is 1.78 bits per heavy atom. The van der Waals surface area contributed by atoms with Crippen molar-refractivity contribution in [3.8, 4) is 0 Å². The van der Waals surface area contributed by atoms with E-state index in [0.29, 0.717) is 0 Å². The zero-order valence-electron chi connectivity index (χ0n) is 10.5. The molecule has 0 saturated heterocycles. The topological polar surface area (TPSA) is 38.9 Å². The number of aromatic nitrogens is 1. The van der Waals surface area contributed by atoms with Gasteiger partial charge in [0.05, 0.1) is 16.7 Å². The van der Waals surface area contributed by atoms with Gasteiger partial charge in [0.1, 0.15) is 0 Å². The van der Waals surface area contributed by atoms with Crippen molar-refractivity contribution in [1.82, 2.24) is 4.98 Å². The number of hydrogen-bond acceptors (Lipinski definition) is 2. The number of fused-ring (bicyclic) bond motifs is 2. The monoisotopic (exact) mass is 236 g/mol. The molecular formula is C16H16N2. The summed E-state index contributed by atoms with van der Waals surface area (Å²) in [7, 11) is 0. The predicted molar refractivity (Wildman–Crippen MR) is 77.7 cm³/mol. The van der Waals surface area contributed by atoms with Crippen molar-refractivity contribution < 1.29 is 0 Å². The van der Waals surface area contributed by atoms with Gasteiger partial charge in [-0.3, -0.25) is 0 Å². The third-order valence-corrected chi connectivity index (χ3v) is 3.35. The Hall–Kier alpha value is -2.09. The molecular weight excluding hydrogens is 220 g/mol. The van der Waals surface area contributed by atoms with Crippen molar-refractivity contribution in [2.45, 2.75) is 19.8 Å². The molecule has 0 aliphatic carbocycles. The zero-order valence-corrected chi connectivity index (χ0v) is 10.5. The molecule has 2 heteroatoms. The lowest BCUT2D eigenvalue weighted by molar-refractivity contribution is 0.929. The first kappa shape index (κ1) is 11.0. The van der Waals surface area contributed by atoms with Crippen molar-refractivity contribution in [2.75, 3.05) is 5.73 Å². The number of nitrogens with two attached hydrogens (primary N) is 1. The van der Waals surface area contributed by atoms with Gasteiger partial charge in [0.25, 0.3) is 0 Å². The van der Waals surface area contributed by atoms with Gasteiger partial charge in [-0.2, -0.15) is 0 Å². The van der Waals surface area contributed by atoms with Crippen LogP contribution in [0.15, 0.2) is 42.5 Å². The van der Waals surface area contributed by atoms with Gasteiger partial charge in [0, 0.05) is 10.8 Å². The molecule has 0 fully saturated rings. The maximum Gasteiger partial charge on any atom is 0.0733 e. The fourth-order valence-corrected chi connectivity index (χ4v) is 2.53. The summed E-state index contributed by atoms with van der Waals surface area (Å²) in [6, 6.07) is 14.3. The van der Waals surface area contributed by atoms with Crippen LogP contribution in [0.25, 0.3) is 21.8 Å². The predicted octanol–water partition coefficient (Wildman–Crippen LogP) is 3.92. The molecule has 18 heavy (non-hydrogen) atoms. The molecule has 2 N–H and O–H groups in total. The quantitative estimate of drug-likeness (QED) is 0.685. The fourth-order valence-electron chi connectivity index (χ4n) is 2.53. The molecule has 0 unspecified atom stereocenters. The third kappa shape index (κ3) is 1.61. The van der Waals surface area contributed by atoms with Crippen LogP contribution < -0.4 is 5.73 Å². The summed E-state index contributed by atoms with van der Waals surface area (Å²) in [4.78, 5) is 4.70. The maximum absolute atomic E-state index is 6.35. The summed E-state index contributed by atoms with van der Waals surface area (Å²) in [6.45, 7) is 2.18. The van der Waals surface area contributed by atoms with Gasteiger partial charge in [-0.1, -0.05) is 43.7 Å². The summed E-state index contributed by atoms with van der Waals surface area (Å²) in [5, 5.41) is 2.17. The van der Waals surface area contributed by atoms with Crippen molar-refractivity contribution in [3.63, 3.8) is 0 Å². The zero-order chi connectivity index (χ0) is 12.5. The molecule has 90 valence electrons. The first-order valence-electron chi connectivity index (χ1n) is 6.37. The van der Waals surface area contributed by atoms with Crippen LogP contribution in [0.2, 0.25) is 0 Å². The average Bonchev–Trinajstić information content (AvgIpc) is 2.39. The average molecular weight is 236 g/mol. The molecule has 0 aliphatic rings. The van der Waals surface area contributed by atoms with Crippen LogP contribution >= 0.6 is 0 Å². The molecule has 3 aromatic rings. The molecule has 2 nitrogen and oxygen atoms in total. The minimum Gasteiger partial charge on any atom is -0.398 e. The minimum absolute atomic E-state index is 0.861. The standard InChI is InChI=1S/C16H16N2/c1-2-6-11-7-5-10-14-15(11)16(17)12-8-3-4-9-13(12)18-14/h3-5,7-10H,2,6H2,1H3,(H2,17,18). The summed E-state index contributed by atoms with van der Waals surface area (Å²) in [6.07, 6.45) is 2.16. The summed E-state index contributed by atoms with van der Waals surface area (Å²) >= 11 is 0. The first-order valence-corrected chi connectivity index (χ1v) is 6.37. The molecule has 0 aliphatic heterocycles. The molecule has 0 bridgehead atoms. The Balaban J connectivity index is 2.45. The van der Waals surface area contributed by atoms with Crippen LogP contribution in [0.3, 0.4) is 0 Å². The highest BCUT2D eigenvalue weighted by molar-refractivity contribution is 6.07. The number of nitrogens with zero attached hydrogens (tertiary/aromatic N) is 1. The molecule has 1 heterocycles. The second kappa shape index (κ2) is 4.30. The van der Waals surface area contributed by atoms with Crippen LogP contribution in [-0.4, -0.2) is 4.98 Å². The largest absolute Gasteiger partial charge is 0.398 e. The van der Waals surface area contributed by atoms with Crippen molar-refractivity contribution >= 4 is 27.5 Å². The van der Waals surface area contributed by atoms with E-state index in [0.717, 1.165) is 40.3 Å². The summed E-state index contributed by atoms with van der Waals surface area (Å²) < 4.78 is 0. The summed E-state index contributed by atoms with van der Waals surface area (Å²) in [5.74, 6) is 0. The molecule has 3 rings (SSSR count). The van der Waals surface area contributed by atoms with Gasteiger partial charge in [-0.15, -0.1) is 0 Å². The van der Waals surface area contributed by atoms with Crippen LogP contribution in [0.4, 0.5) is 5.69 Å². The van der Waals surface area contributed by atoms with E-state index >= 15 is 0 Å². The van der Waals surface area contributed by atoms with Crippen molar-refractivity contribution in [1.29, 1.82) is 0 Å². The lowest BCUT2D eigenvalue weighted by Crippen LogP contribution is -1.96. The van der Waals surface area contributed by atoms with E-state index < -0.39 is 0 Å². The molecule has 0 saturated carbocycles. The van der Waals surface area contributed by atoms with E-state index in [1.54, 1.807) is 0 Å². The second-order valence-electron chi connectivity index (χ2n) is 4.60. The number of hydrogen-bond donors (Lipinski definition) is 1. The molecule has 0 amide bonds. The first-order chi connectivity index (χ1) is 8.81. The Morgan fingerprint density at radius 3 is 2.61 bits per heavy atom. The van der Waals surface area contributed by atoms with Crippen LogP contribution in [-0.2, 0) is 6.42 Å². The van der Waals surface area contributed by atoms with E-state index in [1.165, 1.54) is 5.56 Å².